The molecule has 0 spiro atoms. The zero-order valence-electron chi connectivity index (χ0n) is 16.2. The van der Waals surface area contributed by atoms with Crippen LogP contribution in [0.1, 0.15) is 54.4 Å². The summed E-state index contributed by atoms with van der Waals surface area (Å²) in [4.78, 5) is 42.0. The predicted molar refractivity (Wildman–Crippen MR) is 93.0 cm³/mol. The summed E-state index contributed by atoms with van der Waals surface area (Å²) < 4.78 is 9.75. The molecule has 0 aliphatic heterocycles. The summed E-state index contributed by atoms with van der Waals surface area (Å²) in [5, 5.41) is 21.2. The number of rotatable bonds is 6. The topological polar surface area (TPSA) is 151 Å². The largest absolute Gasteiger partial charge is 0.481 e. The number of hydrogen-bond donors (Lipinski definition) is 4. The lowest BCUT2D eigenvalue weighted by molar-refractivity contribution is -0.137. The molecule has 10 heteroatoms. The summed E-state index contributed by atoms with van der Waals surface area (Å²) in [6.45, 7) is 10.6. The Bertz CT molecular complexity index is 434. The van der Waals surface area contributed by atoms with Gasteiger partial charge in [0.15, 0.2) is 0 Å². The van der Waals surface area contributed by atoms with Crippen molar-refractivity contribution in [2.24, 2.45) is 0 Å². The van der Waals surface area contributed by atoms with E-state index in [9.17, 15) is 19.2 Å². The van der Waals surface area contributed by atoms with Gasteiger partial charge < -0.3 is 30.3 Å². The van der Waals surface area contributed by atoms with Crippen LogP contribution in [0.25, 0.3) is 0 Å². The standard InChI is InChI=1S/2C8H15NO4/c2*1-8(2,3)13-7(12)9-5-4-6(10)11/h2*4-5H2,1-3H3,(H,9,12)(H,10,11). The molecule has 0 saturated carbocycles. The number of carboxylic acid groups (broad SMARTS) is 2. The SMILES string of the molecule is CC(C)(C)OC(=O)NCCC(=O)O.CC(C)(C)OC(=O)NCCC(=O)O. The molecule has 0 radical (unpaired) electrons. The van der Waals surface area contributed by atoms with Crippen LogP contribution in [0.4, 0.5) is 9.59 Å². The molecule has 0 bridgehead atoms. The van der Waals surface area contributed by atoms with Gasteiger partial charge in [0.1, 0.15) is 11.2 Å². The van der Waals surface area contributed by atoms with Crippen molar-refractivity contribution in [2.45, 2.75) is 65.6 Å². The normalized spacial score (nSPS) is 10.7. The molecular weight excluding hydrogens is 348 g/mol. The third-order valence-corrected chi connectivity index (χ3v) is 2.01. The molecule has 0 aromatic rings. The van der Waals surface area contributed by atoms with Gasteiger partial charge in [-0.05, 0) is 41.5 Å². The van der Waals surface area contributed by atoms with Crippen LogP contribution in [0.3, 0.4) is 0 Å². The Morgan fingerprint density at radius 2 is 0.962 bits per heavy atom. The minimum Gasteiger partial charge on any atom is -0.481 e. The van der Waals surface area contributed by atoms with E-state index in [-0.39, 0.29) is 25.9 Å². The third kappa shape index (κ3) is 23.7. The molecule has 0 aliphatic carbocycles. The number of alkyl carbamates (subject to hydrolysis) is 2. The lowest BCUT2D eigenvalue weighted by atomic mass is 10.2. The highest BCUT2D eigenvalue weighted by Gasteiger charge is 2.16. The predicted octanol–water partition coefficient (Wildman–Crippen LogP) is 1.97. The van der Waals surface area contributed by atoms with E-state index in [2.05, 4.69) is 10.6 Å². The smallest absolute Gasteiger partial charge is 0.407 e. The Hall–Kier alpha value is -2.52. The van der Waals surface area contributed by atoms with Gasteiger partial charge in [-0.2, -0.15) is 0 Å². The fourth-order valence-electron chi connectivity index (χ4n) is 1.17. The van der Waals surface area contributed by atoms with E-state index in [0.717, 1.165) is 0 Å². The molecule has 0 heterocycles. The molecule has 0 aromatic carbocycles. The highest BCUT2D eigenvalue weighted by atomic mass is 16.6. The average molecular weight is 378 g/mol. The van der Waals surface area contributed by atoms with Crippen LogP contribution >= 0.6 is 0 Å². The van der Waals surface area contributed by atoms with Crippen LogP contribution in [0.5, 0.6) is 0 Å². The highest BCUT2D eigenvalue weighted by molar-refractivity contribution is 5.71. The van der Waals surface area contributed by atoms with Crippen molar-refractivity contribution < 1.29 is 38.9 Å². The maximum atomic E-state index is 10.9. The summed E-state index contributed by atoms with van der Waals surface area (Å²) in [5.74, 6) is -1.90. The summed E-state index contributed by atoms with van der Waals surface area (Å²) in [5.41, 5.74) is -1.10. The van der Waals surface area contributed by atoms with E-state index in [1.54, 1.807) is 41.5 Å². The quantitative estimate of drug-likeness (QED) is 0.547. The van der Waals surface area contributed by atoms with Crippen molar-refractivity contribution in [2.75, 3.05) is 13.1 Å². The monoisotopic (exact) mass is 378 g/mol. The van der Waals surface area contributed by atoms with Crippen molar-refractivity contribution in [3.05, 3.63) is 0 Å². The maximum Gasteiger partial charge on any atom is 0.407 e. The molecule has 0 atom stereocenters. The second kappa shape index (κ2) is 11.9. The van der Waals surface area contributed by atoms with E-state index >= 15 is 0 Å². The number of carbonyl (C=O) groups is 4. The average Bonchev–Trinajstić information content (AvgIpc) is 2.33. The Morgan fingerprint density at radius 1 is 0.692 bits per heavy atom. The molecule has 2 amide bonds. The summed E-state index contributed by atoms with van der Waals surface area (Å²) >= 11 is 0. The van der Waals surface area contributed by atoms with Gasteiger partial charge in [0.05, 0.1) is 12.8 Å². The lowest BCUT2D eigenvalue weighted by Gasteiger charge is -2.19. The number of nitrogens with one attached hydrogen (secondary N) is 2. The van der Waals surface area contributed by atoms with Crippen molar-refractivity contribution in [1.29, 1.82) is 0 Å². The summed E-state index contributed by atoms with van der Waals surface area (Å²) in [7, 11) is 0. The molecular formula is C16H30N2O8. The van der Waals surface area contributed by atoms with Crippen LogP contribution in [0.15, 0.2) is 0 Å². The second-order valence-corrected chi connectivity index (χ2v) is 7.14. The molecule has 0 unspecified atom stereocenters. The first-order valence-corrected chi connectivity index (χ1v) is 7.99. The van der Waals surface area contributed by atoms with Gasteiger partial charge in [-0.3, -0.25) is 9.59 Å². The Kier molecular flexibility index (Phi) is 11.8. The zero-order chi connectivity index (χ0) is 21.0. The van der Waals surface area contributed by atoms with Gasteiger partial charge in [0, 0.05) is 13.1 Å². The minimum atomic E-state index is -0.948. The van der Waals surface area contributed by atoms with Crippen LogP contribution in [-0.4, -0.2) is 58.6 Å². The zero-order valence-corrected chi connectivity index (χ0v) is 16.2. The van der Waals surface area contributed by atoms with Crippen molar-refractivity contribution in [3.63, 3.8) is 0 Å². The fourth-order valence-corrected chi connectivity index (χ4v) is 1.17. The van der Waals surface area contributed by atoms with Crippen molar-refractivity contribution >= 4 is 24.1 Å². The highest BCUT2D eigenvalue weighted by Crippen LogP contribution is 2.06. The molecule has 152 valence electrons. The Labute approximate surface area is 153 Å². The number of carbonyl (C=O) groups excluding carboxylic acids is 2. The molecule has 0 fully saturated rings. The first-order chi connectivity index (χ1) is 11.6. The molecule has 0 aliphatic rings. The number of ether oxygens (including phenoxy) is 2. The number of amides is 2. The van der Waals surface area contributed by atoms with Crippen LogP contribution in [0.2, 0.25) is 0 Å². The van der Waals surface area contributed by atoms with Gasteiger partial charge in [0.25, 0.3) is 0 Å². The van der Waals surface area contributed by atoms with E-state index in [4.69, 9.17) is 19.7 Å². The minimum absolute atomic E-state index is 0.0875. The number of hydrogen-bond acceptors (Lipinski definition) is 6. The fraction of sp³-hybridized carbons (Fsp3) is 0.750. The molecule has 4 N–H and O–H groups in total. The van der Waals surface area contributed by atoms with Gasteiger partial charge in [-0.25, -0.2) is 9.59 Å². The Balaban J connectivity index is 0. The van der Waals surface area contributed by atoms with Crippen molar-refractivity contribution in [3.8, 4) is 0 Å². The van der Waals surface area contributed by atoms with Gasteiger partial charge in [0.2, 0.25) is 0 Å². The summed E-state index contributed by atoms with van der Waals surface area (Å²) in [6, 6.07) is 0. The Morgan fingerprint density at radius 3 is 1.15 bits per heavy atom. The molecule has 0 rings (SSSR count). The van der Waals surface area contributed by atoms with Crippen LogP contribution in [-0.2, 0) is 19.1 Å². The van der Waals surface area contributed by atoms with Crippen molar-refractivity contribution in [1.82, 2.24) is 10.6 Å². The summed E-state index contributed by atoms with van der Waals surface area (Å²) in [6.07, 6.45) is -1.37. The number of aliphatic carboxylic acids is 2. The molecule has 26 heavy (non-hydrogen) atoms. The number of carboxylic acids is 2. The van der Waals surface area contributed by atoms with Gasteiger partial charge in [-0.1, -0.05) is 0 Å². The molecule has 0 aromatic heterocycles. The molecule has 10 nitrogen and oxygen atoms in total. The van der Waals surface area contributed by atoms with Gasteiger partial charge in [-0.15, -0.1) is 0 Å². The van der Waals surface area contributed by atoms with Gasteiger partial charge >= 0.3 is 24.1 Å². The maximum absolute atomic E-state index is 10.9. The van der Waals surface area contributed by atoms with E-state index < -0.39 is 35.3 Å². The second-order valence-electron chi connectivity index (χ2n) is 7.14. The van der Waals surface area contributed by atoms with E-state index in [1.807, 2.05) is 0 Å². The van der Waals surface area contributed by atoms with Crippen LogP contribution in [0, 0.1) is 0 Å². The van der Waals surface area contributed by atoms with E-state index in [1.165, 1.54) is 0 Å². The lowest BCUT2D eigenvalue weighted by Crippen LogP contribution is -2.33. The van der Waals surface area contributed by atoms with Crippen LogP contribution < -0.4 is 10.6 Å². The molecule has 0 saturated heterocycles. The first kappa shape index (κ1) is 25.7. The van der Waals surface area contributed by atoms with E-state index in [0.29, 0.717) is 0 Å². The third-order valence-electron chi connectivity index (χ3n) is 2.01. The first-order valence-electron chi connectivity index (χ1n) is 7.99.